The minimum atomic E-state index is -5.55. The second-order valence-electron chi connectivity index (χ2n) is 10.4. The first-order valence-corrected chi connectivity index (χ1v) is 13.1. The van der Waals surface area contributed by atoms with Crippen LogP contribution in [0.15, 0.2) is 36.4 Å². The van der Waals surface area contributed by atoms with Gasteiger partial charge in [-0.05, 0) is 75.2 Å². The lowest BCUT2D eigenvalue weighted by Crippen LogP contribution is -2.54. The Morgan fingerprint density at radius 3 is 2.35 bits per heavy atom. The molecule has 0 spiro atoms. The van der Waals surface area contributed by atoms with Crippen LogP contribution in [-0.2, 0) is 21.2 Å². The van der Waals surface area contributed by atoms with E-state index in [9.17, 15) is 35.9 Å². The largest absolute Gasteiger partial charge is 0.493 e. The maximum atomic E-state index is 13.6. The van der Waals surface area contributed by atoms with Crippen LogP contribution in [0.2, 0.25) is 0 Å². The minimum absolute atomic E-state index is 0.123. The third-order valence-corrected chi connectivity index (χ3v) is 8.07. The molecule has 43 heavy (non-hydrogen) atoms. The van der Waals surface area contributed by atoms with E-state index < -0.39 is 47.2 Å². The van der Waals surface area contributed by atoms with Gasteiger partial charge >= 0.3 is 24.4 Å². The fourth-order valence-electron chi connectivity index (χ4n) is 5.96. The fourth-order valence-corrected chi connectivity index (χ4v) is 5.96. The van der Waals surface area contributed by atoms with Gasteiger partial charge in [-0.3, -0.25) is 0 Å². The number of halogens is 6. The first kappa shape index (κ1) is 31.7. The predicted molar refractivity (Wildman–Crippen MR) is 139 cm³/mol. The molecule has 0 unspecified atom stereocenters. The number of amides is 2. The van der Waals surface area contributed by atoms with Gasteiger partial charge in [0.1, 0.15) is 0 Å². The van der Waals surface area contributed by atoms with Gasteiger partial charge in [0.25, 0.3) is 0 Å². The van der Waals surface area contributed by atoms with Crippen molar-refractivity contribution in [2.75, 3.05) is 32.9 Å². The molecule has 15 heteroatoms. The van der Waals surface area contributed by atoms with E-state index in [1.54, 1.807) is 6.07 Å². The van der Waals surface area contributed by atoms with Gasteiger partial charge in [-0.25, -0.2) is 9.59 Å². The number of nitrogens with zero attached hydrogens (tertiary/aromatic N) is 3. The maximum Gasteiger partial charge on any atom is 0.493 e. The molecule has 232 valence electrons. The number of anilines is 1. The number of methoxy groups -OCH3 is 2. The van der Waals surface area contributed by atoms with Crippen LogP contribution < -0.4 is 19.9 Å². The molecule has 1 heterocycles. The van der Waals surface area contributed by atoms with E-state index in [1.807, 2.05) is 19.2 Å². The Kier molecular flexibility index (Phi) is 8.73. The Labute approximate surface area is 242 Å². The average Bonchev–Trinajstić information content (AvgIpc) is 3.30. The number of nitriles is 1. The Bertz CT molecular complexity index is 1430. The van der Waals surface area contributed by atoms with E-state index in [-0.39, 0.29) is 22.6 Å². The Morgan fingerprint density at radius 2 is 1.74 bits per heavy atom. The molecule has 0 radical (unpaired) electrons. The summed E-state index contributed by atoms with van der Waals surface area (Å²) in [6.07, 6.45) is -8.58. The summed E-state index contributed by atoms with van der Waals surface area (Å²) in [6.45, 7) is 0.723. The molecule has 0 aromatic heterocycles. The number of fused-ring (bicyclic) bond motifs is 1. The molecule has 9 nitrogen and oxygen atoms in total. The first-order chi connectivity index (χ1) is 20.1. The number of ether oxygens (including phenoxy) is 2. The highest BCUT2D eigenvalue weighted by molar-refractivity contribution is 5.93. The van der Waals surface area contributed by atoms with E-state index in [2.05, 4.69) is 15.1 Å². The lowest BCUT2D eigenvalue weighted by atomic mass is 9.65. The number of urea groups is 1. The van der Waals surface area contributed by atoms with E-state index in [0.29, 0.717) is 36.8 Å². The summed E-state index contributed by atoms with van der Waals surface area (Å²) in [4.78, 5) is 31.3. The molecule has 0 bridgehead atoms. The SMILES string of the molecule is COc1ccc([C@]23CC[C@H](NC(=O)N(OC(=O)C(F)(F)F)c4ccc(C#N)c(C(F)(F)F)c4)C[C@H]2N(C)CC3)cc1OC. The minimum Gasteiger partial charge on any atom is -0.493 e. The second kappa shape index (κ2) is 11.8. The molecule has 2 aromatic rings. The zero-order chi connectivity index (χ0) is 31.7. The third kappa shape index (κ3) is 6.29. The highest BCUT2D eigenvalue weighted by Gasteiger charge is 2.51. The number of carbonyl (C=O) groups is 2. The Hall–Kier alpha value is -4.19. The van der Waals surface area contributed by atoms with Gasteiger partial charge in [0.15, 0.2) is 11.5 Å². The molecule has 2 aromatic carbocycles. The van der Waals surface area contributed by atoms with Crippen molar-refractivity contribution < 1.29 is 50.2 Å². The summed E-state index contributed by atoms with van der Waals surface area (Å²) in [5, 5.41) is 11.4. The standard InChI is InChI=1S/C28H28F6N4O5/c1-37-11-10-26(17-5-7-21(41-2)22(12-17)42-3)9-8-18(13-23(26)37)36-25(40)38(43-24(39)28(32,33)34)19-6-4-16(15-35)20(14-19)27(29,30)31/h4-7,12,14,18,23H,8-11,13H2,1-3H3,(H,36,40)/t18-,23+,26+/m0/s1. The number of alkyl halides is 6. The smallest absolute Gasteiger partial charge is 0.493 e. The van der Waals surface area contributed by atoms with Crippen molar-refractivity contribution in [1.82, 2.24) is 10.2 Å². The van der Waals surface area contributed by atoms with Crippen LogP contribution in [0.4, 0.5) is 36.8 Å². The molecule has 1 aliphatic carbocycles. The second-order valence-corrected chi connectivity index (χ2v) is 10.4. The Balaban J connectivity index is 1.61. The van der Waals surface area contributed by atoms with Gasteiger partial charge in [-0.1, -0.05) is 6.07 Å². The molecule has 3 atom stereocenters. The number of hydrogen-bond donors (Lipinski definition) is 1. The number of nitrogens with one attached hydrogen (secondary N) is 1. The quantitative estimate of drug-likeness (QED) is 0.359. The molecule has 1 N–H and O–H groups in total. The van der Waals surface area contributed by atoms with E-state index >= 15 is 0 Å². The average molecular weight is 615 g/mol. The van der Waals surface area contributed by atoms with Crippen molar-refractivity contribution in [2.45, 2.75) is 55.5 Å². The molecule has 1 aliphatic heterocycles. The van der Waals surface area contributed by atoms with Crippen molar-refractivity contribution in [3.63, 3.8) is 0 Å². The first-order valence-electron chi connectivity index (χ1n) is 13.1. The number of likely N-dealkylation sites (tertiary alicyclic amines) is 1. The highest BCUT2D eigenvalue weighted by atomic mass is 19.4. The predicted octanol–water partition coefficient (Wildman–Crippen LogP) is 5.33. The maximum absolute atomic E-state index is 13.6. The van der Waals surface area contributed by atoms with E-state index in [4.69, 9.17) is 14.7 Å². The van der Waals surface area contributed by atoms with Crippen LogP contribution in [-0.4, -0.2) is 63.0 Å². The van der Waals surface area contributed by atoms with Crippen molar-refractivity contribution in [3.05, 3.63) is 53.1 Å². The normalized spacial score (nSPS) is 22.2. The molecule has 2 amide bonds. The van der Waals surface area contributed by atoms with Crippen molar-refractivity contribution >= 4 is 17.7 Å². The van der Waals surface area contributed by atoms with Crippen molar-refractivity contribution in [1.29, 1.82) is 5.26 Å². The molecule has 1 saturated heterocycles. The molecule has 2 aliphatic rings. The van der Waals surface area contributed by atoms with Crippen molar-refractivity contribution in [2.24, 2.45) is 0 Å². The molecule has 2 fully saturated rings. The van der Waals surface area contributed by atoms with E-state index in [1.165, 1.54) is 20.3 Å². The highest BCUT2D eigenvalue weighted by Crippen LogP contribution is 2.50. The summed E-state index contributed by atoms with van der Waals surface area (Å²) in [5.41, 5.74) is -2.52. The van der Waals surface area contributed by atoms with Gasteiger partial charge in [-0.15, -0.1) is 5.06 Å². The number of hydroxylamine groups is 1. The topological polar surface area (TPSA) is 104 Å². The lowest BCUT2D eigenvalue weighted by Gasteiger charge is -2.45. The summed E-state index contributed by atoms with van der Waals surface area (Å²) >= 11 is 0. The fraction of sp³-hybridized carbons (Fsp3) is 0.464. The Morgan fingerprint density at radius 1 is 1.05 bits per heavy atom. The zero-order valence-electron chi connectivity index (χ0n) is 23.3. The number of rotatable bonds is 5. The third-order valence-electron chi connectivity index (χ3n) is 8.07. The number of benzene rings is 2. The number of carbonyl (C=O) groups excluding carboxylic acids is 2. The molecule has 4 rings (SSSR count). The zero-order valence-corrected chi connectivity index (χ0v) is 23.3. The van der Waals surface area contributed by atoms with Crippen LogP contribution in [0.1, 0.15) is 42.4 Å². The van der Waals surface area contributed by atoms with Crippen LogP contribution >= 0.6 is 0 Å². The summed E-state index contributed by atoms with van der Waals surface area (Å²) in [6, 6.07) is 6.57. The van der Waals surface area contributed by atoms with Crippen LogP contribution in [0.3, 0.4) is 0 Å². The number of likely N-dealkylation sites (N-methyl/N-ethyl adjacent to an activating group) is 1. The lowest BCUT2D eigenvalue weighted by molar-refractivity contribution is -0.199. The van der Waals surface area contributed by atoms with Crippen LogP contribution in [0.5, 0.6) is 11.5 Å². The monoisotopic (exact) mass is 614 g/mol. The molecular formula is C28H28F6N4O5. The van der Waals surface area contributed by atoms with Gasteiger partial charge in [0.2, 0.25) is 0 Å². The van der Waals surface area contributed by atoms with Crippen LogP contribution in [0, 0.1) is 11.3 Å². The van der Waals surface area contributed by atoms with Crippen LogP contribution in [0.25, 0.3) is 0 Å². The van der Waals surface area contributed by atoms with Gasteiger partial charge < -0.3 is 24.5 Å². The summed E-state index contributed by atoms with van der Waals surface area (Å²) in [5.74, 6) is -1.72. The van der Waals surface area contributed by atoms with Gasteiger partial charge in [-0.2, -0.15) is 31.6 Å². The summed E-state index contributed by atoms with van der Waals surface area (Å²) in [7, 11) is 4.95. The van der Waals surface area contributed by atoms with Crippen molar-refractivity contribution in [3.8, 4) is 17.6 Å². The molecular weight excluding hydrogens is 586 g/mol. The van der Waals surface area contributed by atoms with Gasteiger partial charge in [0.05, 0.1) is 37.1 Å². The van der Waals surface area contributed by atoms with Gasteiger partial charge in [0, 0.05) is 17.5 Å². The van der Waals surface area contributed by atoms with E-state index in [0.717, 1.165) is 24.6 Å². The number of hydrogen-bond acceptors (Lipinski definition) is 7. The summed E-state index contributed by atoms with van der Waals surface area (Å²) < 4.78 is 90.6. The molecule has 1 saturated carbocycles.